The first-order valence-electron chi connectivity index (χ1n) is 10.2. The largest absolute Gasteiger partial charge is 0.497 e. The van der Waals surface area contributed by atoms with Gasteiger partial charge in [-0.15, -0.1) is 11.3 Å². The van der Waals surface area contributed by atoms with Crippen molar-refractivity contribution in [3.63, 3.8) is 0 Å². The number of carbonyl (C=O) groups excluding carboxylic acids is 1. The van der Waals surface area contributed by atoms with Crippen LogP contribution in [0.2, 0.25) is 0 Å². The van der Waals surface area contributed by atoms with Crippen molar-refractivity contribution in [1.82, 2.24) is 14.7 Å². The molecule has 1 amide bonds. The first-order chi connectivity index (χ1) is 15.6. The van der Waals surface area contributed by atoms with Gasteiger partial charge in [-0.3, -0.25) is 9.48 Å². The van der Waals surface area contributed by atoms with Gasteiger partial charge in [-0.05, 0) is 48.2 Å². The van der Waals surface area contributed by atoms with E-state index in [0.717, 1.165) is 17.5 Å². The lowest BCUT2D eigenvalue weighted by atomic mass is 10.1. The molecule has 8 heteroatoms. The van der Waals surface area contributed by atoms with E-state index in [2.05, 4.69) is 11.2 Å². The van der Waals surface area contributed by atoms with E-state index in [1.807, 2.05) is 40.6 Å². The highest BCUT2D eigenvalue weighted by atomic mass is 32.1. The summed E-state index contributed by atoms with van der Waals surface area (Å²) in [6, 6.07) is 13.3. The molecule has 0 bridgehead atoms. The fraction of sp³-hybridized carbons (Fsp3) is 0.250. The van der Waals surface area contributed by atoms with Crippen molar-refractivity contribution in [2.24, 2.45) is 7.05 Å². The summed E-state index contributed by atoms with van der Waals surface area (Å²) >= 11 is 1.69. The Balaban J connectivity index is 1.63. The Morgan fingerprint density at radius 2 is 2.06 bits per heavy atom. The Labute approximate surface area is 190 Å². The van der Waals surface area contributed by atoms with Crippen molar-refractivity contribution < 1.29 is 18.7 Å². The molecule has 0 saturated carbocycles. The number of benzene rings is 1. The van der Waals surface area contributed by atoms with Crippen molar-refractivity contribution in [2.45, 2.75) is 13.0 Å². The molecule has 1 aromatic carbocycles. The van der Waals surface area contributed by atoms with Gasteiger partial charge in [0, 0.05) is 36.1 Å². The zero-order valence-corrected chi connectivity index (χ0v) is 19.1. The van der Waals surface area contributed by atoms with Crippen LogP contribution >= 0.6 is 11.3 Å². The Kier molecular flexibility index (Phi) is 6.61. The van der Waals surface area contributed by atoms with Gasteiger partial charge in [0.15, 0.2) is 0 Å². The summed E-state index contributed by atoms with van der Waals surface area (Å²) in [5.74, 6) is 1.26. The molecule has 0 aliphatic rings. The van der Waals surface area contributed by atoms with Crippen molar-refractivity contribution in [2.75, 3.05) is 20.8 Å². The summed E-state index contributed by atoms with van der Waals surface area (Å²) in [5, 5.41) is 6.64. The summed E-state index contributed by atoms with van der Waals surface area (Å²) in [4.78, 5) is 16.6. The average Bonchev–Trinajstić information content (AvgIpc) is 3.58. The van der Waals surface area contributed by atoms with E-state index in [1.165, 1.54) is 4.88 Å². The standard InChI is InChI=1S/C24H25N3O4S/c1-26-22(14-21(25-26)20-13-18(29-2)6-7-23(20)30-3)24(28)27(15-17-9-11-31-16-17)10-8-19-5-4-12-32-19/h4-7,9,11-14,16H,8,10,15H2,1-3H3. The maximum absolute atomic E-state index is 13.6. The van der Waals surface area contributed by atoms with Gasteiger partial charge in [0.1, 0.15) is 17.2 Å². The van der Waals surface area contributed by atoms with Gasteiger partial charge in [0.2, 0.25) is 0 Å². The number of aryl methyl sites for hydroxylation is 1. The number of rotatable bonds is 9. The van der Waals surface area contributed by atoms with Gasteiger partial charge in [0.25, 0.3) is 5.91 Å². The maximum Gasteiger partial charge on any atom is 0.272 e. The summed E-state index contributed by atoms with van der Waals surface area (Å²) < 4.78 is 17.7. The number of aromatic nitrogens is 2. The van der Waals surface area contributed by atoms with E-state index >= 15 is 0 Å². The number of methoxy groups -OCH3 is 2. The predicted molar refractivity (Wildman–Crippen MR) is 123 cm³/mol. The molecule has 4 rings (SSSR count). The van der Waals surface area contributed by atoms with Crippen LogP contribution < -0.4 is 9.47 Å². The molecule has 0 aliphatic heterocycles. The SMILES string of the molecule is COc1ccc(OC)c(-c2cc(C(=O)N(CCc3cccs3)Cc3ccoc3)n(C)n2)c1. The number of furan rings is 1. The van der Waals surface area contributed by atoms with E-state index in [4.69, 9.17) is 13.9 Å². The van der Waals surface area contributed by atoms with Crippen LogP contribution in [-0.4, -0.2) is 41.4 Å². The van der Waals surface area contributed by atoms with Gasteiger partial charge in [0.05, 0.1) is 32.4 Å². The first kappa shape index (κ1) is 21.7. The number of carbonyl (C=O) groups is 1. The molecule has 0 N–H and O–H groups in total. The van der Waals surface area contributed by atoms with E-state index in [-0.39, 0.29) is 5.91 Å². The van der Waals surface area contributed by atoms with Crippen molar-refractivity contribution in [3.8, 4) is 22.8 Å². The molecule has 0 aliphatic carbocycles. The second-order valence-corrected chi connectivity index (χ2v) is 8.32. The Bertz CT molecular complexity index is 1170. The summed E-state index contributed by atoms with van der Waals surface area (Å²) in [5.41, 5.74) is 2.86. The zero-order valence-electron chi connectivity index (χ0n) is 18.3. The highest BCUT2D eigenvalue weighted by molar-refractivity contribution is 7.09. The first-order valence-corrected chi connectivity index (χ1v) is 11.1. The quantitative estimate of drug-likeness (QED) is 0.371. The van der Waals surface area contributed by atoms with Crippen molar-refractivity contribution >= 4 is 17.2 Å². The van der Waals surface area contributed by atoms with Crippen LogP contribution in [0.4, 0.5) is 0 Å². The number of amides is 1. The molecular formula is C24H25N3O4S. The molecule has 166 valence electrons. The predicted octanol–water partition coefficient (Wildman–Crippen LogP) is 4.64. The number of hydrogen-bond donors (Lipinski definition) is 0. The van der Waals surface area contributed by atoms with E-state index in [1.54, 1.807) is 55.9 Å². The summed E-state index contributed by atoms with van der Waals surface area (Å²) in [6.07, 6.45) is 4.07. The van der Waals surface area contributed by atoms with Gasteiger partial charge in [-0.25, -0.2) is 0 Å². The molecule has 0 atom stereocenters. The summed E-state index contributed by atoms with van der Waals surface area (Å²) in [6.45, 7) is 1.05. The highest BCUT2D eigenvalue weighted by Gasteiger charge is 2.23. The zero-order chi connectivity index (χ0) is 22.5. The molecule has 32 heavy (non-hydrogen) atoms. The number of hydrogen-bond acceptors (Lipinski definition) is 6. The number of thiophene rings is 1. The smallest absolute Gasteiger partial charge is 0.272 e. The van der Waals surface area contributed by atoms with E-state index in [0.29, 0.717) is 36.0 Å². The topological polar surface area (TPSA) is 69.7 Å². The van der Waals surface area contributed by atoms with Crippen LogP contribution in [0.15, 0.2) is 64.8 Å². The third kappa shape index (κ3) is 4.70. The lowest BCUT2D eigenvalue weighted by Gasteiger charge is -2.22. The van der Waals surface area contributed by atoms with E-state index < -0.39 is 0 Å². The van der Waals surface area contributed by atoms with Gasteiger partial charge < -0.3 is 18.8 Å². The van der Waals surface area contributed by atoms with Crippen LogP contribution in [0, 0.1) is 0 Å². The van der Waals surface area contributed by atoms with Crippen LogP contribution in [-0.2, 0) is 20.0 Å². The minimum atomic E-state index is -0.0918. The second-order valence-electron chi connectivity index (χ2n) is 7.29. The molecule has 0 spiro atoms. The Morgan fingerprint density at radius 3 is 2.75 bits per heavy atom. The third-order valence-electron chi connectivity index (χ3n) is 5.23. The molecule has 0 radical (unpaired) electrons. The fourth-order valence-electron chi connectivity index (χ4n) is 3.53. The molecule has 7 nitrogen and oxygen atoms in total. The highest BCUT2D eigenvalue weighted by Crippen LogP contribution is 2.33. The van der Waals surface area contributed by atoms with Crippen molar-refractivity contribution in [3.05, 3.63) is 76.5 Å². The van der Waals surface area contributed by atoms with Crippen LogP contribution in [0.5, 0.6) is 11.5 Å². The van der Waals surface area contributed by atoms with Crippen LogP contribution in [0.25, 0.3) is 11.3 Å². The van der Waals surface area contributed by atoms with Crippen LogP contribution in [0.3, 0.4) is 0 Å². The monoisotopic (exact) mass is 451 g/mol. The minimum absolute atomic E-state index is 0.0918. The lowest BCUT2D eigenvalue weighted by molar-refractivity contribution is 0.0734. The molecular weight excluding hydrogens is 426 g/mol. The number of nitrogens with zero attached hydrogens (tertiary/aromatic N) is 3. The molecule has 0 unspecified atom stereocenters. The Morgan fingerprint density at radius 1 is 1.19 bits per heavy atom. The molecule has 0 fully saturated rings. The molecule has 3 heterocycles. The molecule has 3 aromatic heterocycles. The van der Waals surface area contributed by atoms with Gasteiger partial charge in [-0.2, -0.15) is 5.10 Å². The average molecular weight is 452 g/mol. The van der Waals surface area contributed by atoms with Gasteiger partial charge >= 0.3 is 0 Å². The lowest BCUT2D eigenvalue weighted by Crippen LogP contribution is -2.33. The normalized spacial score (nSPS) is 10.8. The number of ether oxygens (including phenoxy) is 2. The third-order valence-corrected chi connectivity index (χ3v) is 6.17. The fourth-order valence-corrected chi connectivity index (χ4v) is 4.23. The molecule has 4 aromatic rings. The Hall–Kier alpha value is -3.52. The molecule has 0 saturated heterocycles. The summed E-state index contributed by atoms with van der Waals surface area (Å²) in [7, 11) is 5.00. The maximum atomic E-state index is 13.6. The van der Waals surface area contributed by atoms with Crippen molar-refractivity contribution in [1.29, 1.82) is 0 Å². The minimum Gasteiger partial charge on any atom is -0.497 e. The van der Waals surface area contributed by atoms with E-state index in [9.17, 15) is 4.79 Å². The van der Waals surface area contributed by atoms with Crippen LogP contribution in [0.1, 0.15) is 20.9 Å². The van der Waals surface area contributed by atoms with Gasteiger partial charge in [-0.1, -0.05) is 6.07 Å². The second kappa shape index (κ2) is 9.74.